The van der Waals surface area contributed by atoms with E-state index in [0.717, 1.165) is 31.9 Å². The summed E-state index contributed by atoms with van der Waals surface area (Å²) in [5.41, 5.74) is 3.85. The largest absolute Gasteiger partial charge is 0.355 e. The molecule has 0 atom stereocenters. The van der Waals surface area contributed by atoms with Gasteiger partial charge in [-0.15, -0.1) is 0 Å². The number of hydrogen-bond acceptors (Lipinski definition) is 8. The Balaban J connectivity index is 1.94. The van der Waals surface area contributed by atoms with Crippen LogP contribution in [-0.2, 0) is 0 Å². The fourth-order valence-corrected chi connectivity index (χ4v) is 2.95. The summed E-state index contributed by atoms with van der Waals surface area (Å²) in [5, 5.41) is 13.8. The number of hydrazine groups is 1. The van der Waals surface area contributed by atoms with Gasteiger partial charge in [0.1, 0.15) is 6.33 Å². The molecular weight excluding hydrogens is 334 g/mol. The zero-order valence-electron chi connectivity index (χ0n) is 15.0. The number of anilines is 3. The van der Waals surface area contributed by atoms with Crippen LogP contribution in [0.3, 0.4) is 0 Å². The van der Waals surface area contributed by atoms with Gasteiger partial charge in [-0.1, -0.05) is 18.2 Å². The normalized spacial score (nSPS) is 15.6. The van der Waals surface area contributed by atoms with Crippen LogP contribution in [0.1, 0.15) is 6.92 Å². The monoisotopic (exact) mass is 357 g/mol. The highest BCUT2D eigenvalue weighted by Gasteiger charge is 2.28. The van der Waals surface area contributed by atoms with E-state index in [-0.39, 0.29) is 17.3 Å². The highest BCUT2D eigenvalue weighted by atomic mass is 16.6. The Morgan fingerprint density at radius 2 is 1.88 bits per heavy atom. The average Bonchev–Trinajstić information content (AvgIpc) is 2.65. The Kier molecular flexibility index (Phi) is 5.59. The zero-order valence-corrected chi connectivity index (χ0v) is 15.0. The van der Waals surface area contributed by atoms with Gasteiger partial charge in [0.15, 0.2) is 0 Å². The molecule has 1 aromatic carbocycles. The molecule has 138 valence electrons. The molecule has 1 N–H and O–H groups in total. The lowest BCUT2D eigenvalue weighted by molar-refractivity contribution is -0.383. The fourth-order valence-electron chi connectivity index (χ4n) is 2.95. The third kappa shape index (κ3) is 3.89. The Morgan fingerprint density at radius 3 is 2.50 bits per heavy atom. The van der Waals surface area contributed by atoms with E-state index >= 15 is 0 Å². The maximum atomic E-state index is 11.8. The van der Waals surface area contributed by atoms with Gasteiger partial charge in [0.2, 0.25) is 11.6 Å². The van der Waals surface area contributed by atoms with Crippen LogP contribution in [0.4, 0.5) is 23.0 Å². The predicted molar refractivity (Wildman–Crippen MR) is 101 cm³/mol. The lowest BCUT2D eigenvalue weighted by Gasteiger charge is -2.32. The smallest absolute Gasteiger partial charge is 0.321 e. The van der Waals surface area contributed by atoms with Crippen molar-refractivity contribution in [2.75, 3.05) is 50.1 Å². The third-order valence-corrected chi connectivity index (χ3v) is 4.39. The molecule has 0 radical (unpaired) electrons. The van der Waals surface area contributed by atoms with Gasteiger partial charge < -0.3 is 9.80 Å². The number of hydrogen-bond donors (Lipinski definition) is 1. The van der Waals surface area contributed by atoms with Gasteiger partial charge in [-0.25, -0.2) is 15.0 Å². The van der Waals surface area contributed by atoms with Crippen molar-refractivity contribution in [3.05, 3.63) is 46.8 Å². The topological polar surface area (TPSA) is 90.7 Å². The molecule has 1 saturated heterocycles. The number of nitrogens with one attached hydrogen (secondary N) is 1. The molecule has 2 heterocycles. The van der Waals surface area contributed by atoms with Crippen molar-refractivity contribution in [2.24, 2.45) is 0 Å². The molecule has 1 aliphatic heterocycles. The molecule has 0 aliphatic carbocycles. The molecule has 0 spiro atoms. The van der Waals surface area contributed by atoms with E-state index in [9.17, 15) is 10.1 Å². The van der Waals surface area contributed by atoms with Crippen LogP contribution >= 0.6 is 0 Å². The summed E-state index contributed by atoms with van der Waals surface area (Å²) in [5.74, 6) is 0.509. The van der Waals surface area contributed by atoms with Crippen molar-refractivity contribution in [1.29, 1.82) is 0 Å². The minimum Gasteiger partial charge on any atom is -0.321 e. The standard InChI is InChI=1S/C17H23N7O2/c1-3-23(14-7-5-4-6-8-14)17-15(24(25)26)16(18-13-19-17)20-22-11-9-21(2)10-12-22/h4-8,13H,3,9-12H2,1-2H3,(H,18,19,20). The van der Waals surface area contributed by atoms with Gasteiger partial charge in [-0.3, -0.25) is 15.5 Å². The number of benzene rings is 1. The summed E-state index contributed by atoms with van der Waals surface area (Å²) in [6.07, 6.45) is 1.37. The van der Waals surface area contributed by atoms with Crippen LogP contribution in [0.25, 0.3) is 0 Å². The number of nitro groups is 1. The number of aromatic nitrogens is 2. The summed E-state index contributed by atoms with van der Waals surface area (Å²) >= 11 is 0. The molecular formula is C17H23N7O2. The van der Waals surface area contributed by atoms with Crippen molar-refractivity contribution in [3.63, 3.8) is 0 Å². The molecule has 0 amide bonds. The van der Waals surface area contributed by atoms with E-state index in [1.807, 2.05) is 47.2 Å². The highest BCUT2D eigenvalue weighted by Crippen LogP contribution is 2.35. The summed E-state index contributed by atoms with van der Waals surface area (Å²) < 4.78 is 0. The Hall–Kier alpha value is -2.78. The molecule has 9 nitrogen and oxygen atoms in total. The van der Waals surface area contributed by atoms with Crippen molar-refractivity contribution < 1.29 is 4.92 Å². The minimum atomic E-state index is -0.417. The molecule has 1 aliphatic rings. The van der Waals surface area contributed by atoms with E-state index < -0.39 is 4.92 Å². The molecule has 1 fully saturated rings. The first-order chi connectivity index (χ1) is 12.6. The second-order valence-corrected chi connectivity index (χ2v) is 6.13. The number of piperazine rings is 1. The van der Waals surface area contributed by atoms with Gasteiger partial charge in [0, 0.05) is 38.4 Å². The minimum absolute atomic E-state index is 0.114. The lowest BCUT2D eigenvalue weighted by Crippen LogP contribution is -2.47. The predicted octanol–water partition coefficient (Wildman–Crippen LogP) is 2.12. The first kappa shape index (κ1) is 18.0. The van der Waals surface area contributed by atoms with Crippen LogP contribution in [0.2, 0.25) is 0 Å². The molecule has 1 aromatic heterocycles. The van der Waals surface area contributed by atoms with Crippen LogP contribution in [0, 0.1) is 10.1 Å². The summed E-state index contributed by atoms with van der Waals surface area (Å²) in [4.78, 5) is 23.8. The van der Waals surface area contributed by atoms with Gasteiger partial charge >= 0.3 is 5.69 Å². The van der Waals surface area contributed by atoms with Crippen LogP contribution in [0.15, 0.2) is 36.7 Å². The zero-order chi connectivity index (χ0) is 18.5. The molecule has 0 saturated carbocycles. The average molecular weight is 357 g/mol. The molecule has 2 aromatic rings. The summed E-state index contributed by atoms with van der Waals surface area (Å²) in [7, 11) is 2.06. The molecule has 26 heavy (non-hydrogen) atoms. The van der Waals surface area contributed by atoms with E-state index in [1.54, 1.807) is 0 Å². The summed E-state index contributed by atoms with van der Waals surface area (Å²) in [6.45, 7) is 5.81. The second-order valence-electron chi connectivity index (χ2n) is 6.13. The van der Waals surface area contributed by atoms with Gasteiger partial charge in [-0.2, -0.15) is 0 Å². The van der Waals surface area contributed by atoms with E-state index in [0.29, 0.717) is 6.54 Å². The highest BCUT2D eigenvalue weighted by molar-refractivity contribution is 5.75. The first-order valence-corrected chi connectivity index (χ1v) is 8.62. The maximum absolute atomic E-state index is 11.8. The van der Waals surface area contributed by atoms with Crippen LogP contribution in [0.5, 0.6) is 0 Å². The number of likely N-dealkylation sites (N-methyl/N-ethyl adjacent to an activating group) is 1. The fraction of sp³-hybridized carbons (Fsp3) is 0.412. The number of nitrogens with zero attached hydrogens (tertiary/aromatic N) is 6. The molecule has 0 bridgehead atoms. The van der Waals surface area contributed by atoms with E-state index in [1.165, 1.54) is 6.33 Å². The lowest BCUT2D eigenvalue weighted by atomic mass is 10.2. The number of rotatable bonds is 6. The van der Waals surface area contributed by atoms with Gasteiger partial charge in [0.25, 0.3) is 0 Å². The van der Waals surface area contributed by atoms with Crippen molar-refractivity contribution in [1.82, 2.24) is 19.9 Å². The Morgan fingerprint density at radius 1 is 1.19 bits per heavy atom. The Labute approximate surface area is 152 Å². The molecule has 0 unspecified atom stereocenters. The van der Waals surface area contributed by atoms with Crippen molar-refractivity contribution >= 4 is 23.0 Å². The quantitative estimate of drug-likeness (QED) is 0.621. The van der Waals surface area contributed by atoms with E-state index in [2.05, 4.69) is 27.3 Å². The van der Waals surface area contributed by atoms with Crippen LogP contribution in [-0.4, -0.2) is 64.6 Å². The van der Waals surface area contributed by atoms with Gasteiger partial charge in [0.05, 0.1) is 4.92 Å². The molecule has 9 heteroatoms. The van der Waals surface area contributed by atoms with Crippen molar-refractivity contribution in [2.45, 2.75) is 6.92 Å². The van der Waals surface area contributed by atoms with Gasteiger partial charge in [-0.05, 0) is 26.1 Å². The van der Waals surface area contributed by atoms with Crippen molar-refractivity contribution in [3.8, 4) is 0 Å². The maximum Gasteiger partial charge on any atom is 0.355 e. The van der Waals surface area contributed by atoms with E-state index in [4.69, 9.17) is 0 Å². The molecule has 3 rings (SSSR count). The second kappa shape index (κ2) is 8.07. The summed E-state index contributed by atoms with van der Waals surface area (Å²) in [6, 6.07) is 9.51. The van der Waals surface area contributed by atoms with Crippen LogP contribution < -0.4 is 10.3 Å². The SMILES string of the molecule is CCN(c1ccccc1)c1ncnc(NN2CCN(C)CC2)c1[N+](=O)[O-]. The third-order valence-electron chi connectivity index (χ3n) is 4.39. The number of para-hydroxylation sites is 1. The Bertz CT molecular complexity index is 748. The first-order valence-electron chi connectivity index (χ1n) is 8.62.